The molecule has 3 heteroatoms. The Balaban J connectivity index is 0.952. The molecule has 65 heavy (non-hydrogen) atoms. The Hall–Kier alpha value is -8.66. The van der Waals surface area contributed by atoms with Gasteiger partial charge in [-0.1, -0.05) is 194 Å². The Labute approximate surface area is 375 Å². The van der Waals surface area contributed by atoms with E-state index in [1.807, 2.05) is 24.3 Å². The molecule has 0 N–H and O–H groups in total. The third kappa shape index (κ3) is 6.20. The summed E-state index contributed by atoms with van der Waals surface area (Å²) in [7, 11) is 0. The van der Waals surface area contributed by atoms with Crippen molar-refractivity contribution in [1.29, 1.82) is 0 Å². The third-order valence-electron chi connectivity index (χ3n) is 13.1. The van der Waals surface area contributed by atoms with Gasteiger partial charge in [-0.05, 0) is 107 Å². The van der Waals surface area contributed by atoms with Crippen LogP contribution in [0.15, 0.2) is 235 Å². The smallest absolute Gasteiger partial charge is 0.160 e. The first-order valence-electron chi connectivity index (χ1n) is 22.1. The SMILES string of the molecule is c1ccc(-c2cc(-c3cccc(-c4cccc(-c5cccc6oc7c8ccccc8c(-c8ccc9c%10ccccc%10c%10ccccc%10c9c8)cc7c56)c4)c3)nc(-c3ccccc3)n2)cc1. The molecule has 0 amide bonds. The van der Waals surface area contributed by atoms with Gasteiger partial charge in [0.2, 0.25) is 0 Å². The summed E-state index contributed by atoms with van der Waals surface area (Å²) in [5.74, 6) is 0.702. The van der Waals surface area contributed by atoms with Gasteiger partial charge in [-0.2, -0.15) is 0 Å². The minimum atomic E-state index is 0.702. The fourth-order valence-corrected chi connectivity index (χ4v) is 10.00. The zero-order valence-electron chi connectivity index (χ0n) is 35.2. The predicted octanol–water partition coefficient (Wildman–Crippen LogP) is 17.0. The van der Waals surface area contributed by atoms with Gasteiger partial charge in [0.25, 0.3) is 0 Å². The minimum Gasteiger partial charge on any atom is -0.455 e. The van der Waals surface area contributed by atoms with Crippen LogP contribution in [-0.2, 0) is 0 Å². The molecule has 0 bridgehead atoms. The highest BCUT2D eigenvalue weighted by molar-refractivity contribution is 6.27. The lowest BCUT2D eigenvalue weighted by Crippen LogP contribution is -1.96. The second-order valence-corrected chi connectivity index (χ2v) is 16.8. The molecular formula is C62H38N2O. The Morgan fingerprint density at radius 3 is 1.45 bits per heavy atom. The van der Waals surface area contributed by atoms with E-state index in [1.54, 1.807) is 0 Å². The van der Waals surface area contributed by atoms with Crippen molar-refractivity contribution in [3.8, 4) is 67.3 Å². The zero-order valence-corrected chi connectivity index (χ0v) is 35.2. The summed E-state index contributed by atoms with van der Waals surface area (Å²) in [4.78, 5) is 10.1. The molecule has 0 aliphatic heterocycles. The summed E-state index contributed by atoms with van der Waals surface area (Å²) in [5, 5.41) is 12.1. The molecule has 13 aromatic rings. The molecule has 0 fully saturated rings. The van der Waals surface area contributed by atoms with Gasteiger partial charge in [0.05, 0.1) is 11.4 Å². The first-order valence-corrected chi connectivity index (χ1v) is 22.1. The van der Waals surface area contributed by atoms with Gasteiger partial charge in [0, 0.05) is 32.8 Å². The van der Waals surface area contributed by atoms with Crippen LogP contribution in [0, 0.1) is 0 Å². The number of nitrogens with zero attached hydrogens (tertiary/aromatic N) is 2. The molecule has 0 aliphatic carbocycles. The second kappa shape index (κ2) is 15.0. The van der Waals surface area contributed by atoms with Gasteiger partial charge in [-0.15, -0.1) is 0 Å². The van der Waals surface area contributed by atoms with Gasteiger partial charge in [-0.25, -0.2) is 9.97 Å². The Morgan fingerprint density at radius 2 is 0.754 bits per heavy atom. The summed E-state index contributed by atoms with van der Waals surface area (Å²) >= 11 is 0. The van der Waals surface area contributed by atoms with Gasteiger partial charge in [0.1, 0.15) is 11.2 Å². The maximum absolute atomic E-state index is 6.85. The fourth-order valence-electron chi connectivity index (χ4n) is 10.00. The Kier molecular flexibility index (Phi) is 8.53. The van der Waals surface area contributed by atoms with E-state index in [1.165, 1.54) is 48.8 Å². The van der Waals surface area contributed by atoms with Crippen LogP contribution in [0.2, 0.25) is 0 Å². The quantitative estimate of drug-likeness (QED) is 0.157. The van der Waals surface area contributed by atoms with Gasteiger partial charge in [-0.3, -0.25) is 0 Å². The van der Waals surface area contributed by atoms with Gasteiger partial charge in [0.15, 0.2) is 5.82 Å². The van der Waals surface area contributed by atoms with Gasteiger partial charge < -0.3 is 4.42 Å². The highest BCUT2D eigenvalue weighted by atomic mass is 16.3. The van der Waals surface area contributed by atoms with E-state index >= 15 is 0 Å². The van der Waals surface area contributed by atoms with E-state index in [0.717, 1.165) is 77.7 Å². The summed E-state index contributed by atoms with van der Waals surface area (Å²) < 4.78 is 6.85. The van der Waals surface area contributed by atoms with E-state index in [2.05, 4.69) is 206 Å². The normalized spacial score (nSPS) is 11.7. The van der Waals surface area contributed by atoms with Crippen LogP contribution in [-0.4, -0.2) is 9.97 Å². The van der Waals surface area contributed by atoms with E-state index in [9.17, 15) is 0 Å². The van der Waals surface area contributed by atoms with Crippen LogP contribution in [0.5, 0.6) is 0 Å². The lowest BCUT2D eigenvalue weighted by Gasteiger charge is -2.13. The average molecular weight is 827 g/mol. The predicted molar refractivity (Wildman–Crippen MR) is 272 cm³/mol. The lowest BCUT2D eigenvalue weighted by molar-refractivity contribution is 0.673. The molecule has 0 saturated carbocycles. The van der Waals surface area contributed by atoms with Crippen molar-refractivity contribution in [2.75, 3.05) is 0 Å². The van der Waals surface area contributed by atoms with Crippen molar-refractivity contribution in [3.63, 3.8) is 0 Å². The summed E-state index contributed by atoms with van der Waals surface area (Å²) in [6.45, 7) is 0. The lowest BCUT2D eigenvalue weighted by atomic mass is 9.89. The van der Waals surface area contributed by atoms with Crippen molar-refractivity contribution < 1.29 is 4.42 Å². The van der Waals surface area contributed by atoms with Crippen LogP contribution in [0.1, 0.15) is 0 Å². The number of fused-ring (bicyclic) bond motifs is 11. The molecule has 0 spiro atoms. The molecule has 0 atom stereocenters. The van der Waals surface area contributed by atoms with Crippen LogP contribution in [0.4, 0.5) is 0 Å². The maximum atomic E-state index is 6.85. The molecule has 0 unspecified atom stereocenters. The first-order chi connectivity index (χ1) is 32.2. The summed E-state index contributed by atoms with van der Waals surface area (Å²) in [6, 6.07) is 82.2. The Bertz CT molecular complexity index is 3910. The molecule has 0 saturated heterocycles. The molecule has 2 heterocycles. The third-order valence-corrected chi connectivity index (χ3v) is 13.1. The van der Waals surface area contributed by atoms with Crippen molar-refractivity contribution in [2.45, 2.75) is 0 Å². The molecule has 0 radical (unpaired) electrons. The number of aromatic nitrogens is 2. The van der Waals surface area contributed by atoms with Crippen LogP contribution >= 0.6 is 0 Å². The number of hydrogen-bond acceptors (Lipinski definition) is 3. The second-order valence-electron chi connectivity index (χ2n) is 16.8. The highest BCUT2D eigenvalue weighted by Crippen LogP contribution is 2.45. The average Bonchev–Trinajstić information content (AvgIpc) is 3.78. The fraction of sp³-hybridized carbons (Fsp3) is 0. The zero-order chi connectivity index (χ0) is 42.8. The highest BCUT2D eigenvalue weighted by Gasteiger charge is 2.19. The van der Waals surface area contributed by atoms with Crippen LogP contribution < -0.4 is 0 Å². The van der Waals surface area contributed by atoms with E-state index in [-0.39, 0.29) is 0 Å². The molecule has 302 valence electrons. The summed E-state index contributed by atoms with van der Waals surface area (Å²) in [5.41, 5.74) is 13.5. The van der Waals surface area contributed by atoms with Crippen molar-refractivity contribution in [2.24, 2.45) is 0 Å². The number of benzene rings is 11. The number of rotatable bonds is 6. The van der Waals surface area contributed by atoms with Crippen molar-refractivity contribution in [1.82, 2.24) is 9.97 Å². The van der Waals surface area contributed by atoms with E-state index < -0.39 is 0 Å². The molecule has 0 aliphatic rings. The Morgan fingerprint density at radius 1 is 0.262 bits per heavy atom. The van der Waals surface area contributed by atoms with Gasteiger partial charge >= 0.3 is 0 Å². The first kappa shape index (κ1) is 36.9. The largest absolute Gasteiger partial charge is 0.455 e. The topological polar surface area (TPSA) is 38.9 Å². The van der Waals surface area contributed by atoms with Crippen molar-refractivity contribution in [3.05, 3.63) is 231 Å². The number of furan rings is 1. The molecule has 13 rings (SSSR count). The molecule has 3 nitrogen and oxygen atoms in total. The molecule has 2 aromatic heterocycles. The monoisotopic (exact) mass is 826 g/mol. The molecule has 11 aromatic carbocycles. The van der Waals surface area contributed by atoms with Crippen LogP contribution in [0.3, 0.4) is 0 Å². The number of hydrogen-bond donors (Lipinski definition) is 0. The van der Waals surface area contributed by atoms with Crippen LogP contribution in [0.25, 0.3) is 132 Å². The maximum Gasteiger partial charge on any atom is 0.160 e. The van der Waals surface area contributed by atoms with E-state index in [4.69, 9.17) is 14.4 Å². The summed E-state index contributed by atoms with van der Waals surface area (Å²) in [6.07, 6.45) is 0. The van der Waals surface area contributed by atoms with E-state index in [0.29, 0.717) is 5.82 Å². The van der Waals surface area contributed by atoms with Crippen molar-refractivity contribution >= 4 is 65.0 Å². The molecular weight excluding hydrogens is 789 g/mol. The minimum absolute atomic E-state index is 0.702. The standard InChI is InChI=1S/C62H38N2O/c1-3-16-39(17-4-1)57-38-58(64-62(63-57)40-18-5-2-6-19-40)45-23-14-21-42(35-45)41-20-13-22-43(34-41)46-30-15-31-59-60(46)56-37-54(51-28-11-12-29-53(51)61(56)65-59)44-32-33-52-49-26-8-7-24-47(49)48-25-9-10-27-50(48)55(52)36-44/h1-38H.